The highest BCUT2D eigenvalue weighted by molar-refractivity contribution is 6.00. The number of nitrogens with one attached hydrogen (secondary N) is 1. The summed E-state index contributed by atoms with van der Waals surface area (Å²) < 4.78 is 7.34. The minimum Gasteiger partial charge on any atom is -0.381 e. The van der Waals surface area contributed by atoms with Crippen LogP contribution in [0.25, 0.3) is 5.69 Å². The molecule has 8 heteroatoms. The van der Waals surface area contributed by atoms with E-state index in [9.17, 15) is 9.59 Å². The van der Waals surface area contributed by atoms with Crippen molar-refractivity contribution in [1.29, 1.82) is 0 Å². The number of anilines is 1. The second-order valence-electron chi connectivity index (χ2n) is 10.3. The molecule has 0 radical (unpaired) electrons. The number of Topliss-reactive ketones (excluding diaryl/α,β-unsaturated/α-hetero) is 1. The third-order valence-electron chi connectivity index (χ3n) is 6.81. The molecule has 5 rings (SSSR count). The van der Waals surface area contributed by atoms with E-state index in [0.29, 0.717) is 42.9 Å². The Hall–Kier alpha value is -3.52. The van der Waals surface area contributed by atoms with Crippen molar-refractivity contribution in [3.63, 3.8) is 0 Å². The fourth-order valence-electron chi connectivity index (χ4n) is 5.12. The Kier molecular flexibility index (Phi) is 6.15. The zero-order chi connectivity index (χ0) is 24.6. The van der Waals surface area contributed by atoms with Gasteiger partial charge in [0.2, 0.25) is 0 Å². The Morgan fingerprint density at radius 3 is 2.74 bits per heavy atom. The molecule has 0 bridgehead atoms. The maximum absolute atomic E-state index is 13.3. The minimum absolute atomic E-state index is 0.121. The number of carbonyl (C=O) groups is 2. The van der Waals surface area contributed by atoms with E-state index in [2.05, 4.69) is 24.1 Å². The normalized spacial score (nSPS) is 17.7. The lowest BCUT2D eigenvalue weighted by molar-refractivity contribution is 0.0902. The van der Waals surface area contributed by atoms with E-state index in [4.69, 9.17) is 15.6 Å². The number of ketones is 1. The van der Waals surface area contributed by atoms with Crippen molar-refractivity contribution >= 4 is 17.4 Å². The predicted octanol–water partition coefficient (Wildman–Crippen LogP) is 3.70. The number of aromatic nitrogens is 3. The van der Waals surface area contributed by atoms with Crippen LogP contribution >= 0.6 is 0 Å². The Bertz CT molecular complexity index is 1260. The average Bonchev–Trinajstić information content (AvgIpc) is 3.17. The van der Waals surface area contributed by atoms with Gasteiger partial charge in [0.1, 0.15) is 0 Å². The number of rotatable bonds is 6. The molecule has 0 saturated carbocycles. The van der Waals surface area contributed by atoms with Gasteiger partial charge in [-0.15, -0.1) is 0 Å². The molecule has 2 aliphatic rings. The highest BCUT2D eigenvalue weighted by Crippen LogP contribution is 2.38. The number of benzene rings is 1. The molecule has 1 aromatic carbocycles. The summed E-state index contributed by atoms with van der Waals surface area (Å²) in [7, 11) is 0. The number of pyridine rings is 1. The molecule has 3 aromatic rings. The van der Waals surface area contributed by atoms with Crippen LogP contribution in [0.2, 0.25) is 0 Å². The molecule has 1 aliphatic carbocycles. The summed E-state index contributed by atoms with van der Waals surface area (Å²) in [6, 6.07) is 9.59. The molecule has 3 N–H and O–H groups in total. The molecule has 8 nitrogen and oxygen atoms in total. The summed E-state index contributed by atoms with van der Waals surface area (Å²) in [5.41, 5.74) is 10.8. The van der Waals surface area contributed by atoms with Crippen molar-refractivity contribution in [2.45, 2.75) is 52.0 Å². The van der Waals surface area contributed by atoms with Crippen LogP contribution in [0.15, 0.2) is 42.7 Å². The van der Waals surface area contributed by atoms with Gasteiger partial charge in [-0.25, -0.2) is 4.68 Å². The first-order valence-electron chi connectivity index (χ1n) is 12.1. The van der Waals surface area contributed by atoms with Crippen LogP contribution in [0.5, 0.6) is 0 Å². The van der Waals surface area contributed by atoms with Gasteiger partial charge < -0.3 is 15.8 Å². The lowest BCUT2D eigenvalue weighted by atomic mass is 9.75. The van der Waals surface area contributed by atoms with E-state index < -0.39 is 5.91 Å². The minimum atomic E-state index is -0.484. The fraction of sp³-hybridized carbons (Fsp3) is 0.407. The second-order valence-corrected chi connectivity index (χ2v) is 10.3. The average molecular weight is 474 g/mol. The molecule has 0 spiro atoms. The molecule has 0 atom stereocenters. The van der Waals surface area contributed by atoms with Gasteiger partial charge in [0, 0.05) is 50.2 Å². The lowest BCUT2D eigenvalue weighted by Gasteiger charge is -2.29. The predicted molar refractivity (Wildman–Crippen MR) is 133 cm³/mol. The van der Waals surface area contributed by atoms with Crippen molar-refractivity contribution in [2.75, 3.05) is 18.5 Å². The number of carbonyl (C=O) groups excluding carboxylic acids is 2. The van der Waals surface area contributed by atoms with E-state index >= 15 is 0 Å². The number of nitrogens with zero attached hydrogens (tertiary/aromatic N) is 3. The molecule has 2 aromatic heterocycles. The molecule has 1 aliphatic heterocycles. The van der Waals surface area contributed by atoms with Gasteiger partial charge in [-0.05, 0) is 54.5 Å². The number of ether oxygens (including phenoxy) is 1. The first-order valence-corrected chi connectivity index (χ1v) is 12.1. The Morgan fingerprint density at radius 1 is 1.23 bits per heavy atom. The van der Waals surface area contributed by atoms with Crippen LogP contribution in [0, 0.1) is 5.41 Å². The quantitative estimate of drug-likeness (QED) is 0.565. The number of primary amides is 1. The molecule has 3 heterocycles. The molecule has 1 amide bonds. The Balaban J connectivity index is 1.59. The van der Waals surface area contributed by atoms with Crippen LogP contribution in [0.3, 0.4) is 0 Å². The van der Waals surface area contributed by atoms with E-state index in [1.54, 1.807) is 18.5 Å². The van der Waals surface area contributed by atoms with Crippen LogP contribution in [-0.4, -0.2) is 45.7 Å². The van der Waals surface area contributed by atoms with Crippen molar-refractivity contribution in [3.05, 3.63) is 70.8 Å². The van der Waals surface area contributed by atoms with Crippen LogP contribution in [0.4, 0.5) is 5.69 Å². The Labute approximate surface area is 204 Å². The van der Waals surface area contributed by atoms with Gasteiger partial charge in [0.25, 0.3) is 5.91 Å². The number of amides is 1. The van der Waals surface area contributed by atoms with Gasteiger partial charge in [-0.3, -0.25) is 14.6 Å². The van der Waals surface area contributed by atoms with Gasteiger partial charge in [-0.2, -0.15) is 5.10 Å². The number of nitrogens with two attached hydrogens (primary N) is 1. The summed E-state index contributed by atoms with van der Waals surface area (Å²) in [5.74, 6) is -0.363. The summed E-state index contributed by atoms with van der Waals surface area (Å²) >= 11 is 0. The molecular weight excluding hydrogens is 442 g/mol. The van der Waals surface area contributed by atoms with E-state index in [0.717, 1.165) is 41.9 Å². The van der Waals surface area contributed by atoms with Gasteiger partial charge in [-0.1, -0.05) is 19.9 Å². The zero-order valence-electron chi connectivity index (χ0n) is 20.2. The summed E-state index contributed by atoms with van der Waals surface area (Å²) in [4.78, 5) is 29.7. The second kappa shape index (κ2) is 9.26. The SMILES string of the molecule is CC1(C)CC(=O)c2c(Cc3cccnc3)nn(-c3ccc(C(N)=O)c(NC4CCOCC4)c3)c2C1. The monoisotopic (exact) mass is 473 g/mol. The van der Waals surface area contributed by atoms with Gasteiger partial charge >= 0.3 is 0 Å². The standard InChI is InChI=1S/C27H31N5O3/c1-27(2)14-23-25(24(33)15-27)22(12-17-4-3-9-29-16-17)31-32(23)19-5-6-20(26(28)34)21(13-19)30-18-7-10-35-11-8-18/h3-6,9,13,16,18,30H,7-8,10-12,14-15H2,1-2H3,(H2,28,34). The largest absolute Gasteiger partial charge is 0.381 e. The van der Waals surface area contributed by atoms with Crippen molar-refractivity contribution in [2.24, 2.45) is 11.1 Å². The summed E-state index contributed by atoms with van der Waals surface area (Å²) in [6.07, 6.45) is 7.01. The fourth-order valence-corrected chi connectivity index (χ4v) is 5.12. The first-order chi connectivity index (χ1) is 16.8. The van der Waals surface area contributed by atoms with Gasteiger partial charge in [0.15, 0.2) is 5.78 Å². The van der Waals surface area contributed by atoms with Crippen LogP contribution < -0.4 is 11.1 Å². The number of hydrogen-bond acceptors (Lipinski definition) is 6. The smallest absolute Gasteiger partial charge is 0.250 e. The highest BCUT2D eigenvalue weighted by Gasteiger charge is 2.36. The van der Waals surface area contributed by atoms with Crippen molar-refractivity contribution in [1.82, 2.24) is 14.8 Å². The van der Waals surface area contributed by atoms with Crippen molar-refractivity contribution < 1.29 is 14.3 Å². The molecular formula is C27H31N5O3. The molecule has 1 saturated heterocycles. The molecule has 1 fully saturated rings. The van der Waals surface area contributed by atoms with Crippen LogP contribution in [-0.2, 0) is 17.6 Å². The van der Waals surface area contributed by atoms with Crippen LogP contribution in [0.1, 0.15) is 70.8 Å². The number of hydrogen-bond donors (Lipinski definition) is 2. The Morgan fingerprint density at radius 2 is 2.03 bits per heavy atom. The third-order valence-corrected chi connectivity index (χ3v) is 6.81. The van der Waals surface area contributed by atoms with Gasteiger partial charge in [0.05, 0.1) is 28.2 Å². The van der Waals surface area contributed by atoms with Crippen molar-refractivity contribution in [3.8, 4) is 5.69 Å². The molecule has 182 valence electrons. The summed E-state index contributed by atoms with van der Waals surface area (Å²) in [5, 5.41) is 8.44. The summed E-state index contributed by atoms with van der Waals surface area (Å²) in [6.45, 7) is 5.59. The topological polar surface area (TPSA) is 112 Å². The lowest BCUT2D eigenvalue weighted by Crippen LogP contribution is -2.29. The van der Waals surface area contributed by atoms with E-state index in [1.165, 1.54) is 0 Å². The number of fused-ring (bicyclic) bond motifs is 1. The third kappa shape index (κ3) is 4.84. The molecule has 35 heavy (non-hydrogen) atoms. The maximum atomic E-state index is 13.3. The highest BCUT2D eigenvalue weighted by atomic mass is 16.5. The maximum Gasteiger partial charge on any atom is 0.250 e. The van der Waals surface area contributed by atoms with E-state index in [-0.39, 0.29) is 17.2 Å². The zero-order valence-corrected chi connectivity index (χ0v) is 20.2. The van der Waals surface area contributed by atoms with E-state index in [1.807, 2.05) is 28.9 Å². The molecule has 0 unspecified atom stereocenters. The first kappa shape index (κ1) is 23.2.